The van der Waals surface area contributed by atoms with Crippen LogP contribution in [0, 0.1) is 0 Å². The molecule has 2 rings (SSSR count). The fraction of sp³-hybridized carbons (Fsp3) is 0.500. The summed E-state index contributed by atoms with van der Waals surface area (Å²) in [6, 6.07) is 15.8. The lowest BCUT2D eigenvalue weighted by Crippen LogP contribution is -2.34. The fourth-order valence-corrected chi connectivity index (χ4v) is 2.41. The number of hydrogen-bond donors (Lipinski definition) is 2. The summed E-state index contributed by atoms with van der Waals surface area (Å²) in [6.07, 6.45) is -0.970. The molecule has 168 valence electrons. The van der Waals surface area contributed by atoms with Gasteiger partial charge in [-0.2, -0.15) is 0 Å². The number of aliphatic hydroxyl groups excluding tert-OH is 2. The van der Waals surface area contributed by atoms with Crippen LogP contribution in [0.4, 0.5) is 11.4 Å². The Morgan fingerprint density at radius 3 is 1.17 bits per heavy atom. The van der Waals surface area contributed by atoms with Crippen molar-refractivity contribution in [2.45, 2.75) is 55.8 Å². The lowest BCUT2D eigenvalue weighted by atomic mass is 10.2. The Bertz CT molecular complexity index is 592. The molecule has 2 atom stereocenters. The van der Waals surface area contributed by atoms with Crippen molar-refractivity contribution in [3.05, 3.63) is 48.5 Å². The van der Waals surface area contributed by atoms with Crippen molar-refractivity contribution >= 4 is 11.4 Å². The van der Waals surface area contributed by atoms with Gasteiger partial charge in [0.25, 0.3) is 0 Å². The number of ether oxygens (including phenoxy) is 2. The maximum Gasteiger partial charge on any atom is 0.137 e. The summed E-state index contributed by atoms with van der Waals surface area (Å²) in [4.78, 5) is 0. The van der Waals surface area contributed by atoms with Crippen LogP contribution in [-0.2, 0) is 0 Å². The van der Waals surface area contributed by atoms with Gasteiger partial charge < -0.3 is 19.7 Å². The molecule has 0 saturated carbocycles. The molecule has 0 amide bonds. The third-order valence-electron chi connectivity index (χ3n) is 3.95. The van der Waals surface area contributed by atoms with Crippen molar-refractivity contribution in [2.24, 2.45) is 0 Å². The standard InChI is InChI=1S/C20H28NO4.4CH4/c1-15(22)13-24-19-9-5-17(6-10-19)21(3,4)18-7-11-20(12-8-18)25-14-16(2)23;;;;/h5-12,15-16,22-23H,13-14H2,1-4H3;4*1H4/q+1;;;;. The van der Waals surface area contributed by atoms with Crippen molar-refractivity contribution in [3.8, 4) is 11.5 Å². The van der Waals surface area contributed by atoms with E-state index in [1.165, 1.54) is 0 Å². The van der Waals surface area contributed by atoms with Gasteiger partial charge in [-0.15, -0.1) is 0 Å². The second-order valence-electron chi connectivity index (χ2n) is 6.76. The van der Waals surface area contributed by atoms with Crippen molar-refractivity contribution in [2.75, 3.05) is 27.3 Å². The average molecular weight is 411 g/mol. The summed E-state index contributed by atoms with van der Waals surface area (Å²) in [5.41, 5.74) is 2.23. The minimum atomic E-state index is -0.485. The molecule has 2 N–H and O–H groups in total. The van der Waals surface area contributed by atoms with Crippen LogP contribution in [0.15, 0.2) is 48.5 Å². The number of nitrogens with zero attached hydrogens (tertiary/aromatic N) is 1. The van der Waals surface area contributed by atoms with Crippen molar-refractivity contribution in [1.82, 2.24) is 4.48 Å². The van der Waals surface area contributed by atoms with Gasteiger partial charge in [0.15, 0.2) is 0 Å². The van der Waals surface area contributed by atoms with E-state index in [9.17, 15) is 10.2 Å². The van der Waals surface area contributed by atoms with Gasteiger partial charge in [-0.05, 0) is 38.1 Å². The Morgan fingerprint density at radius 1 is 0.655 bits per heavy atom. The molecular formula is C24H44NO4+. The lowest BCUT2D eigenvalue weighted by Gasteiger charge is -2.29. The highest BCUT2D eigenvalue weighted by Crippen LogP contribution is 2.32. The highest BCUT2D eigenvalue weighted by Gasteiger charge is 2.22. The molecular weight excluding hydrogens is 366 g/mol. The normalized spacial score (nSPS) is 12.1. The first-order valence-corrected chi connectivity index (χ1v) is 8.46. The average Bonchev–Trinajstić information content (AvgIpc) is 2.59. The van der Waals surface area contributed by atoms with Crippen molar-refractivity contribution in [1.29, 1.82) is 0 Å². The zero-order chi connectivity index (χ0) is 18.4. The molecule has 0 bridgehead atoms. The fourth-order valence-electron chi connectivity index (χ4n) is 2.41. The van der Waals surface area contributed by atoms with E-state index < -0.39 is 12.2 Å². The minimum Gasteiger partial charge on any atom is -0.491 e. The molecule has 2 aromatic rings. The van der Waals surface area contributed by atoms with Gasteiger partial charge in [-0.1, -0.05) is 29.7 Å². The Labute approximate surface area is 179 Å². The molecule has 0 saturated heterocycles. The van der Waals surface area contributed by atoms with Gasteiger partial charge in [0.2, 0.25) is 0 Å². The zero-order valence-corrected chi connectivity index (χ0v) is 15.3. The number of quaternary nitrogens is 1. The SMILES string of the molecule is C.C.C.C.CC(O)COc1ccc([N+](C)(C)c2ccc(OCC(C)O)cc2)cc1. The topological polar surface area (TPSA) is 58.9 Å². The van der Waals surface area contributed by atoms with Gasteiger partial charge in [0, 0.05) is 24.3 Å². The van der Waals surface area contributed by atoms with E-state index in [0.29, 0.717) is 4.48 Å². The molecule has 2 unspecified atom stereocenters. The quantitative estimate of drug-likeness (QED) is 0.552. The Kier molecular flexibility index (Phi) is 15.2. The molecule has 5 heteroatoms. The minimum absolute atomic E-state index is 0. The maximum atomic E-state index is 9.28. The van der Waals surface area contributed by atoms with Crippen LogP contribution >= 0.6 is 0 Å². The molecule has 0 spiro atoms. The van der Waals surface area contributed by atoms with Crippen LogP contribution in [0.5, 0.6) is 11.5 Å². The van der Waals surface area contributed by atoms with Crippen LogP contribution in [0.3, 0.4) is 0 Å². The second-order valence-corrected chi connectivity index (χ2v) is 6.76. The van der Waals surface area contributed by atoms with Gasteiger partial charge in [-0.25, -0.2) is 0 Å². The van der Waals surface area contributed by atoms with E-state index in [1.807, 2.05) is 48.5 Å². The Hall–Kier alpha value is -2.08. The largest absolute Gasteiger partial charge is 0.491 e. The molecule has 0 aliphatic carbocycles. The van der Waals surface area contributed by atoms with Gasteiger partial charge in [-0.3, -0.25) is 4.48 Å². The summed E-state index contributed by atoms with van der Waals surface area (Å²) in [7, 11) is 4.22. The third kappa shape index (κ3) is 9.31. The molecule has 29 heavy (non-hydrogen) atoms. The van der Waals surface area contributed by atoms with E-state index in [0.717, 1.165) is 22.9 Å². The molecule has 5 nitrogen and oxygen atoms in total. The van der Waals surface area contributed by atoms with Crippen LogP contribution in [0.1, 0.15) is 43.6 Å². The van der Waals surface area contributed by atoms with E-state index in [4.69, 9.17) is 9.47 Å². The third-order valence-corrected chi connectivity index (χ3v) is 3.95. The van der Waals surface area contributed by atoms with E-state index >= 15 is 0 Å². The molecule has 0 aliphatic heterocycles. The van der Waals surface area contributed by atoms with Crippen molar-refractivity contribution in [3.63, 3.8) is 0 Å². The van der Waals surface area contributed by atoms with Crippen LogP contribution in [0.25, 0.3) is 0 Å². The summed E-state index contributed by atoms with van der Waals surface area (Å²) in [5, 5.41) is 18.6. The summed E-state index contributed by atoms with van der Waals surface area (Å²) >= 11 is 0. The van der Waals surface area contributed by atoms with Gasteiger partial charge >= 0.3 is 0 Å². The maximum absolute atomic E-state index is 9.28. The molecule has 0 aliphatic rings. The summed E-state index contributed by atoms with van der Waals surface area (Å²) in [5.74, 6) is 1.48. The van der Waals surface area contributed by atoms with Gasteiger partial charge in [0.1, 0.15) is 36.1 Å². The van der Waals surface area contributed by atoms with Crippen LogP contribution in [-0.4, -0.2) is 49.7 Å². The zero-order valence-electron chi connectivity index (χ0n) is 15.3. The van der Waals surface area contributed by atoms with Gasteiger partial charge in [0.05, 0.1) is 26.3 Å². The molecule has 0 fully saturated rings. The van der Waals surface area contributed by atoms with Crippen LogP contribution in [0.2, 0.25) is 0 Å². The number of aliphatic hydroxyl groups is 2. The second kappa shape index (κ2) is 14.0. The monoisotopic (exact) mass is 410 g/mol. The Morgan fingerprint density at radius 2 is 0.931 bits per heavy atom. The predicted molar refractivity (Wildman–Crippen MR) is 127 cm³/mol. The van der Waals surface area contributed by atoms with E-state index in [-0.39, 0.29) is 42.9 Å². The predicted octanol–water partition coefficient (Wildman–Crippen LogP) is 5.65. The summed E-state index contributed by atoms with van der Waals surface area (Å²) < 4.78 is 11.6. The molecule has 0 radical (unpaired) electrons. The van der Waals surface area contributed by atoms with Crippen LogP contribution < -0.4 is 14.0 Å². The smallest absolute Gasteiger partial charge is 0.137 e. The molecule has 0 aromatic heterocycles. The summed E-state index contributed by atoms with van der Waals surface area (Å²) in [6.45, 7) is 3.96. The van der Waals surface area contributed by atoms with Crippen molar-refractivity contribution < 1.29 is 19.7 Å². The van der Waals surface area contributed by atoms with E-state index in [2.05, 4.69) is 14.1 Å². The number of rotatable bonds is 8. The molecule has 0 heterocycles. The lowest BCUT2D eigenvalue weighted by molar-refractivity contribution is 0.122. The number of hydrogen-bond acceptors (Lipinski definition) is 4. The number of benzene rings is 2. The first-order chi connectivity index (χ1) is 11.8. The highest BCUT2D eigenvalue weighted by atomic mass is 16.5. The first-order valence-electron chi connectivity index (χ1n) is 8.46. The Balaban J connectivity index is -0.00000169. The molecule has 2 aromatic carbocycles. The highest BCUT2D eigenvalue weighted by molar-refractivity contribution is 5.58. The van der Waals surface area contributed by atoms with E-state index in [1.54, 1.807) is 13.8 Å². The first kappa shape index (κ1) is 31.6.